The molecule has 0 saturated carbocycles. The van der Waals surface area contributed by atoms with Gasteiger partial charge in [-0.05, 0) is 75.7 Å². The smallest absolute Gasteiger partial charge is 0.355 e. The second-order valence-corrected chi connectivity index (χ2v) is 15.8. The van der Waals surface area contributed by atoms with Crippen molar-refractivity contribution in [3.05, 3.63) is 142 Å². The summed E-state index contributed by atoms with van der Waals surface area (Å²) in [6.07, 6.45) is -1.23. The van der Waals surface area contributed by atoms with Crippen molar-refractivity contribution in [2.45, 2.75) is 64.0 Å². The number of benzene rings is 5. The zero-order valence-corrected chi connectivity index (χ0v) is 36.4. The van der Waals surface area contributed by atoms with Crippen LogP contribution in [0.4, 0.5) is 0 Å². The molecule has 0 radical (unpaired) electrons. The van der Waals surface area contributed by atoms with Crippen LogP contribution in [0.2, 0.25) is 0 Å². The molecule has 14 heteroatoms. The van der Waals surface area contributed by atoms with E-state index in [-0.39, 0.29) is 73.5 Å². The molecule has 0 aliphatic carbocycles. The van der Waals surface area contributed by atoms with Crippen molar-refractivity contribution in [1.82, 2.24) is 10.3 Å². The van der Waals surface area contributed by atoms with Crippen LogP contribution >= 0.6 is 0 Å². The van der Waals surface area contributed by atoms with Crippen molar-refractivity contribution < 1.29 is 57.6 Å². The molecule has 0 saturated heterocycles. The van der Waals surface area contributed by atoms with Gasteiger partial charge in [0.1, 0.15) is 23.8 Å². The highest BCUT2D eigenvalue weighted by Gasteiger charge is 2.44. The van der Waals surface area contributed by atoms with Crippen LogP contribution in [0.3, 0.4) is 0 Å². The molecule has 1 aliphatic rings. The summed E-state index contributed by atoms with van der Waals surface area (Å²) >= 11 is 0. The number of phenols is 1. The van der Waals surface area contributed by atoms with Crippen molar-refractivity contribution in [3.63, 3.8) is 0 Å². The molecule has 1 aliphatic heterocycles. The molecule has 2 heterocycles. The van der Waals surface area contributed by atoms with Crippen LogP contribution < -0.4 is 10.1 Å². The second kappa shape index (κ2) is 19.8. The SMILES string of the molecule is COC(=O)CCC1=C(CC(=O)Oc2ccc3ccccc3c2-c2c(O)ccc3ccccc23)[C@@](C)(Cc2[nH]c(C(=O)OCc3ccccc3)c(CC(=O)OC)c2CCC(=O)OC)NC1=O. The number of fused-ring (bicyclic) bond motifs is 2. The molecule has 1 atom stereocenters. The summed E-state index contributed by atoms with van der Waals surface area (Å²) in [6, 6.07) is 31.0. The molecular weight excluding hydrogens is 833 g/mol. The van der Waals surface area contributed by atoms with E-state index in [0.717, 1.165) is 27.1 Å². The lowest BCUT2D eigenvalue weighted by Gasteiger charge is -2.29. The van der Waals surface area contributed by atoms with Crippen LogP contribution in [0.25, 0.3) is 32.7 Å². The van der Waals surface area contributed by atoms with Crippen LogP contribution in [0.15, 0.2) is 114 Å². The van der Waals surface area contributed by atoms with E-state index >= 15 is 0 Å². The summed E-state index contributed by atoms with van der Waals surface area (Å²) in [7, 11) is 3.69. The lowest BCUT2D eigenvalue weighted by atomic mass is 9.83. The molecule has 5 aromatic carbocycles. The predicted molar refractivity (Wildman–Crippen MR) is 240 cm³/mol. The Kier molecular flexibility index (Phi) is 13.8. The summed E-state index contributed by atoms with van der Waals surface area (Å²) in [5.74, 6) is -3.70. The summed E-state index contributed by atoms with van der Waals surface area (Å²) in [5.41, 5.74) is 1.76. The Labute approximate surface area is 374 Å². The minimum atomic E-state index is -1.36. The first kappa shape index (κ1) is 45.3. The maximum absolute atomic E-state index is 14.5. The van der Waals surface area contributed by atoms with Gasteiger partial charge in [-0.2, -0.15) is 0 Å². The molecule has 1 amide bonds. The van der Waals surface area contributed by atoms with Gasteiger partial charge in [0.25, 0.3) is 0 Å². The number of carbonyl (C=O) groups excluding carboxylic acids is 6. The maximum Gasteiger partial charge on any atom is 0.355 e. The van der Waals surface area contributed by atoms with Gasteiger partial charge in [-0.1, -0.05) is 91.0 Å². The molecule has 0 bridgehead atoms. The molecule has 0 unspecified atom stereocenters. The highest BCUT2D eigenvalue weighted by atomic mass is 16.5. The molecular formula is C51H48N2O12. The first-order valence-electron chi connectivity index (χ1n) is 21.0. The van der Waals surface area contributed by atoms with Crippen LogP contribution in [0, 0.1) is 0 Å². The van der Waals surface area contributed by atoms with Gasteiger partial charge in [0, 0.05) is 41.7 Å². The zero-order valence-electron chi connectivity index (χ0n) is 36.4. The van der Waals surface area contributed by atoms with Crippen LogP contribution in [-0.2, 0) is 68.8 Å². The molecule has 3 N–H and O–H groups in total. The van der Waals surface area contributed by atoms with Crippen molar-refractivity contribution in [2.75, 3.05) is 21.3 Å². The third-order valence-electron chi connectivity index (χ3n) is 11.7. The number of esters is 5. The average molecular weight is 881 g/mol. The number of carbonyl (C=O) groups is 6. The average Bonchev–Trinajstić information content (AvgIpc) is 3.76. The van der Waals surface area contributed by atoms with Gasteiger partial charge in [0.15, 0.2) is 0 Å². The highest BCUT2D eigenvalue weighted by Crippen LogP contribution is 2.46. The van der Waals surface area contributed by atoms with Gasteiger partial charge in [-0.3, -0.25) is 24.0 Å². The third kappa shape index (κ3) is 9.91. The number of phenolic OH excluding ortho intramolecular Hbond substituents is 1. The van der Waals surface area contributed by atoms with E-state index in [1.54, 1.807) is 49.4 Å². The lowest BCUT2D eigenvalue weighted by Crippen LogP contribution is -2.44. The zero-order chi connectivity index (χ0) is 46.3. The Hall–Kier alpha value is -7.74. The predicted octanol–water partition coefficient (Wildman–Crippen LogP) is 7.55. The quantitative estimate of drug-likeness (QED) is 0.0463. The Morgan fingerprint density at radius 1 is 0.646 bits per heavy atom. The Morgan fingerprint density at radius 2 is 1.25 bits per heavy atom. The molecule has 0 spiro atoms. The molecule has 14 nitrogen and oxygen atoms in total. The Bertz CT molecular complexity index is 2860. The number of methoxy groups -OCH3 is 3. The van der Waals surface area contributed by atoms with Crippen LogP contribution in [0.1, 0.15) is 65.5 Å². The fourth-order valence-corrected chi connectivity index (χ4v) is 8.49. The second-order valence-electron chi connectivity index (χ2n) is 15.8. The van der Waals surface area contributed by atoms with E-state index in [4.69, 9.17) is 23.7 Å². The third-order valence-corrected chi connectivity index (χ3v) is 11.7. The van der Waals surface area contributed by atoms with Gasteiger partial charge < -0.3 is 39.1 Å². The normalized spacial score (nSPS) is 14.6. The van der Waals surface area contributed by atoms with E-state index in [0.29, 0.717) is 28.0 Å². The molecule has 7 rings (SSSR count). The fraction of sp³-hybridized carbons (Fsp3) is 0.255. The number of aromatic nitrogens is 1. The van der Waals surface area contributed by atoms with Crippen molar-refractivity contribution in [2.24, 2.45) is 0 Å². The van der Waals surface area contributed by atoms with Crippen molar-refractivity contribution in [3.8, 4) is 22.6 Å². The van der Waals surface area contributed by atoms with Gasteiger partial charge >= 0.3 is 29.8 Å². The molecule has 0 fully saturated rings. The van der Waals surface area contributed by atoms with Crippen LogP contribution in [0.5, 0.6) is 11.5 Å². The van der Waals surface area contributed by atoms with Gasteiger partial charge in [0.05, 0.1) is 39.7 Å². The summed E-state index contributed by atoms with van der Waals surface area (Å²) in [4.78, 5) is 83.3. The fourth-order valence-electron chi connectivity index (χ4n) is 8.49. The van der Waals surface area contributed by atoms with E-state index in [1.165, 1.54) is 21.3 Å². The molecule has 334 valence electrons. The van der Waals surface area contributed by atoms with Gasteiger partial charge in [-0.25, -0.2) is 4.79 Å². The number of nitrogens with one attached hydrogen (secondary N) is 2. The molecule has 65 heavy (non-hydrogen) atoms. The maximum atomic E-state index is 14.5. The van der Waals surface area contributed by atoms with E-state index < -0.39 is 47.7 Å². The number of rotatable bonds is 17. The summed E-state index contributed by atoms with van der Waals surface area (Å²) < 4.78 is 26.7. The standard InChI is InChI=1S/C51H48N2O12/c1-51(28-39-35(20-24-42(55)61-2)37(26-44(57)63-4)48(52-39)50(60)64-29-30-12-6-5-7-13-30)38(36(49(59)53-51)21-25-43(56)62-3)27-45(58)65-41-23-19-32-15-9-11-17-34(32)47(41)46-33-16-10-8-14-31(33)18-22-40(46)54/h5-19,22-23,52,54H,20-21,24-29H2,1-4H3,(H,53,59)/t51-/m1/s1. The number of ether oxygens (including phenoxy) is 5. The minimum Gasteiger partial charge on any atom is -0.507 e. The van der Waals surface area contributed by atoms with Gasteiger partial charge in [-0.15, -0.1) is 0 Å². The summed E-state index contributed by atoms with van der Waals surface area (Å²) in [5, 5.41) is 17.6. The van der Waals surface area contributed by atoms with Crippen LogP contribution in [-0.4, -0.2) is 72.7 Å². The minimum absolute atomic E-state index is 0.0167. The number of H-pyrrole nitrogens is 1. The van der Waals surface area contributed by atoms with Crippen molar-refractivity contribution in [1.29, 1.82) is 0 Å². The number of aromatic amines is 1. The van der Waals surface area contributed by atoms with Gasteiger partial charge in [0.2, 0.25) is 5.91 Å². The monoisotopic (exact) mass is 880 g/mol. The highest BCUT2D eigenvalue weighted by molar-refractivity contribution is 6.10. The molecule has 6 aromatic rings. The topological polar surface area (TPSA) is 197 Å². The van der Waals surface area contributed by atoms with E-state index in [9.17, 15) is 33.9 Å². The Morgan fingerprint density at radius 3 is 1.91 bits per heavy atom. The Balaban J connectivity index is 1.30. The van der Waals surface area contributed by atoms with E-state index in [1.807, 2.05) is 60.7 Å². The first-order valence-corrected chi connectivity index (χ1v) is 21.0. The first-order chi connectivity index (χ1) is 31.3. The number of hydrogen-bond acceptors (Lipinski definition) is 12. The largest absolute Gasteiger partial charge is 0.507 e. The lowest BCUT2D eigenvalue weighted by molar-refractivity contribution is -0.141. The molecule has 1 aromatic heterocycles. The number of amides is 1. The summed E-state index contributed by atoms with van der Waals surface area (Å²) in [6.45, 7) is 1.63. The van der Waals surface area contributed by atoms with E-state index in [2.05, 4.69) is 10.3 Å². The van der Waals surface area contributed by atoms with Crippen molar-refractivity contribution >= 4 is 57.3 Å². The number of hydrogen-bond donors (Lipinski definition) is 3. The number of aromatic hydroxyl groups is 1.